The molecule has 0 N–H and O–H groups in total. The van der Waals surface area contributed by atoms with Crippen molar-refractivity contribution < 1.29 is 9.22 Å². The highest BCUT2D eigenvalue weighted by Crippen LogP contribution is 2.22. The van der Waals surface area contributed by atoms with Crippen molar-refractivity contribution in [2.75, 3.05) is 6.61 Å². The van der Waals surface area contributed by atoms with Gasteiger partial charge < -0.3 is 4.43 Å². The molecule has 1 atom stereocenters. The minimum atomic E-state index is -1.47. The number of hydrogen-bond acceptors (Lipinski definition) is 2. The molecule has 0 aliphatic heterocycles. The smallest absolute Gasteiger partial charge is 0.192 e. The molecule has 0 aromatic carbocycles. The van der Waals surface area contributed by atoms with Gasteiger partial charge in [0.25, 0.3) is 0 Å². The first-order valence-electron chi connectivity index (χ1n) is 6.87. The monoisotopic (exact) mass is 256 g/mol. The second-order valence-electron chi connectivity index (χ2n) is 4.74. The molecule has 0 unspecified atom stereocenters. The topological polar surface area (TPSA) is 26.3 Å². The molecule has 100 valence electrons. The molecule has 3 heteroatoms. The summed E-state index contributed by atoms with van der Waals surface area (Å²) in [5, 5.41) is 0. The number of carbonyl (C=O) groups excluding carboxylic acids is 1. The molecule has 0 aliphatic rings. The molecule has 0 spiro atoms. The second-order valence-corrected chi connectivity index (χ2v) is 9.52. The van der Waals surface area contributed by atoms with Crippen LogP contribution in [0.3, 0.4) is 0 Å². The fourth-order valence-corrected chi connectivity index (χ4v) is 4.75. The predicted octanol–water partition coefficient (Wildman–Crippen LogP) is 4.18. The van der Waals surface area contributed by atoms with Crippen LogP contribution in [-0.4, -0.2) is 21.2 Å². The number of allylic oxidation sites excluding steroid dienone is 1. The first kappa shape index (κ1) is 16.6. The Morgan fingerprint density at radius 3 is 2.06 bits per heavy atom. The maximum absolute atomic E-state index is 10.7. The molecule has 0 aromatic rings. The summed E-state index contributed by atoms with van der Waals surface area (Å²) in [6.45, 7) is 11.6. The molecule has 0 saturated carbocycles. The number of rotatable bonds is 9. The molecule has 0 aliphatic carbocycles. The second kappa shape index (κ2) is 8.64. The van der Waals surface area contributed by atoms with Crippen molar-refractivity contribution in [3.05, 3.63) is 11.6 Å². The Morgan fingerprint density at radius 2 is 1.71 bits per heavy atom. The minimum Gasteiger partial charge on any atom is -0.416 e. The van der Waals surface area contributed by atoms with E-state index in [0.29, 0.717) is 5.92 Å². The molecule has 0 amide bonds. The first-order valence-corrected chi connectivity index (χ1v) is 9.40. The largest absolute Gasteiger partial charge is 0.416 e. The summed E-state index contributed by atoms with van der Waals surface area (Å²) in [5.41, 5.74) is 0.887. The molecule has 0 rings (SSSR count). The van der Waals surface area contributed by atoms with Gasteiger partial charge in [-0.25, -0.2) is 0 Å². The molecular formula is C14H28O2Si. The quantitative estimate of drug-likeness (QED) is 0.351. The van der Waals surface area contributed by atoms with Crippen molar-refractivity contribution in [3.63, 3.8) is 0 Å². The SMILES string of the molecule is CC/C(C=O)=C/[C@H](C)CO[Si](CC)(CC)CC. The highest BCUT2D eigenvalue weighted by Gasteiger charge is 2.28. The zero-order valence-electron chi connectivity index (χ0n) is 12.1. The summed E-state index contributed by atoms with van der Waals surface area (Å²) < 4.78 is 6.21. The Hall–Kier alpha value is -0.413. The lowest BCUT2D eigenvalue weighted by Crippen LogP contribution is -2.37. The van der Waals surface area contributed by atoms with Gasteiger partial charge in [0.2, 0.25) is 0 Å². The maximum atomic E-state index is 10.7. The van der Waals surface area contributed by atoms with Crippen LogP contribution in [0.5, 0.6) is 0 Å². The van der Waals surface area contributed by atoms with Crippen molar-refractivity contribution in [2.45, 2.75) is 59.2 Å². The lowest BCUT2D eigenvalue weighted by Gasteiger charge is -2.29. The van der Waals surface area contributed by atoms with Crippen molar-refractivity contribution in [3.8, 4) is 0 Å². The molecule has 0 bridgehead atoms. The van der Waals surface area contributed by atoms with E-state index >= 15 is 0 Å². The number of hydrogen-bond donors (Lipinski definition) is 0. The van der Waals surface area contributed by atoms with Crippen LogP contribution in [0.15, 0.2) is 11.6 Å². The van der Waals surface area contributed by atoms with Gasteiger partial charge in [0, 0.05) is 6.61 Å². The molecule has 0 radical (unpaired) electrons. The lowest BCUT2D eigenvalue weighted by atomic mass is 10.1. The van der Waals surface area contributed by atoms with Crippen LogP contribution in [-0.2, 0) is 9.22 Å². The number of aldehydes is 1. The van der Waals surface area contributed by atoms with Gasteiger partial charge in [-0.05, 0) is 36.0 Å². The standard InChI is InChI=1S/C14H28O2Si/c1-6-14(11-15)10-13(5)12-16-17(7-2,8-3)9-4/h10-11,13H,6-9,12H2,1-5H3/b14-10-/t13-/m0/s1. The van der Waals surface area contributed by atoms with Gasteiger partial charge in [-0.15, -0.1) is 0 Å². The summed E-state index contributed by atoms with van der Waals surface area (Å²) in [6, 6.07) is 3.56. The van der Waals surface area contributed by atoms with Gasteiger partial charge >= 0.3 is 0 Å². The van der Waals surface area contributed by atoms with Gasteiger partial charge in [0.15, 0.2) is 8.32 Å². The molecule has 0 saturated heterocycles. The van der Waals surface area contributed by atoms with E-state index in [4.69, 9.17) is 4.43 Å². The average Bonchev–Trinajstić information content (AvgIpc) is 2.38. The van der Waals surface area contributed by atoms with E-state index in [1.54, 1.807) is 0 Å². The van der Waals surface area contributed by atoms with Crippen LogP contribution in [0.4, 0.5) is 0 Å². The van der Waals surface area contributed by atoms with Crippen molar-refractivity contribution >= 4 is 14.6 Å². The lowest BCUT2D eigenvalue weighted by molar-refractivity contribution is -0.105. The van der Waals surface area contributed by atoms with Crippen molar-refractivity contribution in [2.24, 2.45) is 5.92 Å². The van der Waals surface area contributed by atoms with Crippen LogP contribution in [0, 0.1) is 5.92 Å². The normalized spacial score (nSPS) is 14.8. The van der Waals surface area contributed by atoms with Crippen LogP contribution < -0.4 is 0 Å². The Morgan fingerprint density at radius 1 is 1.18 bits per heavy atom. The Labute approximate surface area is 108 Å². The van der Waals surface area contributed by atoms with Gasteiger partial charge in [-0.1, -0.05) is 40.7 Å². The van der Waals surface area contributed by atoms with E-state index in [1.165, 1.54) is 18.1 Å². The molecule has 2 nitrogen and oxygen atoms in total. The Balaban J connectivity index is 4.35. The van der Waals surface area contributed by atoms with E-state index in [0.717, 1.165) is 24.9 Å². The Kier molecular flexibility index (Phi) is 8.43. The third kappa shape index (κ3) is 5.64. The summed E-state index contributed by atoms with van der Waals surface area (Å²) in [7, 11) is -1.47. The zero-order valence-corrected chi connectivity index (χ0v) is 13.1. The van der Waals surface area contributed by atoms with Gasteiger partial charge in [0.05, 0.1) is 0 Å². The van der Waals surface area contributed by atoms with E-state index < -0.39 is 8.32 Å². The highest BCUT2D eigenvalue weighted by molar-refractivity contribution is 6.73. The van der Waals surface area contributed by atoms with Crippen LogP contribution in [0.1, 0.15) is 41.0 Å². The summed E-state index contributed by atoms with van der Waals surface area (Å²) in [5.74, 6) is 0.340. The van der Waals surface area contributed by atoms with Crippen LogP contribution in [0.2, 0.25) is 18.1 Å². The van der Waals surface area contributed by atoms with Crippen molar-refractivity contribution in [1.29, 1.82) is 0 Å². The first-order chi connectivity index (χ1) is 8.07. The fraction of sp³-hybridized carbons (Fsp3) is 0.786. The van der Waals surface area contributed by atoms with Gasteiger partial charge in [-0.2, -0.15) is 0 Å². The van der Waals surface area contributed by atoms with E-state index in [-0.39, 0.29) is 0 Å². The zero-order chi connectivity index (χ0) is 13.3. The molecule has 0 heterocycles. The van der Waals surface area contributed by atoms with Crippen LogP contribution >= 0.6 is 0 Å². The molecule has 17 heavy (non-hydrogen) atoms. The van der Waals surface area contributed by atoms with Crippen LogP contribution in [0.25, 0.3) is 0 Å². The minimum absolute atomic E-state index is 0.340. The third-order valence-electron chi connectivity index (χ3n) is 3.64. The molecular weight excluding hydrogens is 228 g/mol. The maximum Gasteiger partial charge on any atom is 0.192 e. The van der Waals surface area contributed by atoms with Gasteiger partial charge in [0.1, 0.15) is 6.29 Å². The van der Waals surface area contributed by atoms with Gasteiger partial charge in [-0.3, -0.25) is 4.79 Å². The Bertz CT molecular complexity index is 236. The van der Waals surface area contributed by atoms with E-state index in [2.05, 4.69) is 27.7 Å². The summed E-state index contributed by atoms with van der Waals surface area (Å²) >= 11 is 0. The summed E-state index contributed by atoms with van der Waals surface area (Å²) in [4.78, 5) is 10.7. The third-order valence-corrected chi connectivity index (χ3v) is 8.29. The van der Waals surface area contributed by atoms with E-state index in [9.17, 15) is 4.79 Å². The predicted molar refractivity (Wildman–Crippen MR) is 76.8 cm³/mol. The van der Waals surface area contributed by atoms with Crippen molar-refractivity contribution in [1.82, 2.24) is 0 Å². The molecule has 0 aromatic heterocycles. The molecule has 0 fully saturated rings. The van der Waals surface area contributed by atoms with E-state index in [1.807, 2.05) is 13.0 Å². The fourth-order valence-electron chi connectivity index (χ4n) is 2.02. The average molecular weight is 256 g/mol. The summed E-state index contributed by atoms with van der Waals surface area (Å²) in [6.07, 6.45) is 3.82. The highest BCUT2D eigenvalue weighted by atomic mass is 28.4. The number of carbonyl (C=O) groups is 1.